The Morgan fingerprint density at radius 3 is 2.58 bits per heavy atom. The van der Waals surface area contributed by atoms with Crippen LogP contribution in [0.25, 0.3) is 26.4 Å². The molecule has 2 heterocycles. The van der Waals surface area contributed by atoms with E-state index in [1.807, 2.05) is 36.5 Å². The first-order valence-electron chi connectivity index (χ1n) is 7.38. The highest BCUT2D eigenvalue weighted by Crippen LogP contribution is 2.32. The van der Waals surface area contributed by atoms with Crippen LogP contribution in [0, 0.1) is 0 Å². The summed E-state index contributed by atoms with van der Waals surface area (Å²) in [4.78, 5) is 16.6. The summed E-state index contributed by atoms with van der Waals surface area (Å²) in [5.74, 6) is 1.05. The van der Waals surface area contributed by atoms with E-state index in [4.69, 9.17) is 14.5 Å². The van der Waals surface area contributed by atoms with Gasteiger partial charge in [-0.15, -0.1) is 0 Å². The molecule has 0 aliphatic rings. The van der Waals surface area contributed by atoms with E-state index in [0.29, 0.717) is 5.75 Å². The summed E-state index contributed by atoms with van der Waals surface area (Å²) in [6, 6.07) is 13.3. The Labute approximate surface area is 142 Å². The second-order valence-electron chi connectivity index (χ2n) is 5.33. The van der Waals surface area contributed by atoms with Crippen molar-refractivity contribution in [1.29, 1.82) is 0 Å². The van der Waals surface area contributed by atoms with E-state index in [9.17, 15) is 4.79 Å². The molecule has 0 aliphatic heterocycles. The molecule has 120 valence electrons. The first kappa shape index (κ1) is 14.7. The van der Waals surface area contributed by atoms with Crippen LogP contribution in [0.5, 0.6) is 11.5 Å². The summed E-state index contributed by atoms with van der Waals surface area (Å²) < 4.78 is 13.5. The van der Waals surface area contributed by atoms with Crippen LogP contribution in [-0.4, -0.2) is 22.5 Å². The first-order valence-corrected chi connectivity index (χ1v) is 8.20. The van der Waals surface area contributed by atoms with E-state index in [2.05, 4.69) is 4.40 Å². The first-order chi connectivity index (χ1) is 11.6. The Hall–Kier alpha value is -2.86. The number of rotatable bonds is 3. The van der Waals surface area contributed by atoms with Gasteiger partial charge in [0, 0.05) is 18.7 Å². The standard InChI is InChI=1S/C18H14N2O3S/c1-11(21)23-13-5-3-12(4-6-13)15-10-20-16-8-7-14(22-2)9-17(16)24-18(20)19-15/h3-10H,1-2H3. The van der Waals surface area contributed by atoms with Crippen LogP contribution < -0.4 is 9.47 Å². The molecule has 0 N–H and O–H groups in total. The number of nitrogens with zero attached hydrogens (tertiary/aromatic N) is 2. The van der Waals surface area contributed by atoms with Crippen molar-refractivity contribution in [3.8, 4) is 22.8 Å². The summed E-state index contributed by atoms with van der Waals surface area (Å²) in [5, 5.41) is 0. The number of esters is 1. The third-order valence-electron chi connectivity index (χ3n) is 3.71. The predicted octanol–water partition coefficient (Wildman–Crippen LogP) is 4.15. The zero-order chi connectivity index (χ0) is 16.7. The van der Waals surface area contributed by atoms with Gasteiger partial charge in [0.05, 0.1) is 23.0 Å². The number of thiazole rings is 1. The van der Waals surface area contributed by atoms with Gasteiger partial charge in [0.1, 0.15) is 11.5 Å². The van der Waals surface area contributed by atoms with Crippen LogP contribution in [0.4, 0.5) is 0 Å². The van der Waals surface area contributed by atoms with Gasteiger partial charge in [0.25, 0.3) is 0 Å². The molecule has 2 aromatic heterocycles. The number of carbonyl (C=O) groups excluding carboxylic acids is 1. The highest BCUT2D eigenvalue weighted by molar-refractivity contribution is 7.23. The molecule has 4 rings (SSSR count). The van der Waals surface area contributed by atoms with Crippen molar-refractivity contribution in [3.63, 3.8) is 0 Å². The predicted molar refractivity (Wildman–Crippen MR) is 93.9 cm³/mol. The van der Waals surface area contributed by atoms with Crippen molar-refractivity contribution in [2.75, 3.05) is 7.11 Å². The number of aromatic nitrogens is 2. The van der Waals surface area contributed by atoms with E-state index >= 15 is 0 Å². The molecule has 6 heteroatoms. The minimum absolute atomic E-state index is 0.327. The van der Waals surface area contributed by atoms with Crippen molar-refractivity contribution in [2.24, 2.45) is 0 Å². The number of benzene rings is 2. The van der Waals surface area contributed by atoms with Crippen molar-refractivity contribution in [2.45, 2.75) is 6.92 Å². The van der Waals surface area contributed by atoms with E-state index < -0.39 is 0 Å². The van der Waals surface area contributed by atoms with E-state index in [-0.39, 0.29) is 5.97 Å². The van der Waals surface area contributed by atoms with Gasteiger partial charge in [0.2, 0.25) is 0 Å². The van der Waals surface area contributed by atoms with Crippen molar-refractivity contribution >= 4 is 32.5 Å². The van der Waals surface area contributed by atoms with E-state index in [1.165, 1.54) is 6.92 Å². The molecular formula is C18H14N2O3S. The van der Waals surface area contributed by atoms with Gasteiger partial charge in [-0.05, 0) is 42.5 Å². The molecule has 0 saturated carbocycles. The summed E-state index contributed by atoms with van der Waals surface area (Å²) in [6.45, 7) is 1.39. The Morgan fingerprint density at radius 2 is 1.88 bits per heavy atom. The fourth-order valence-electron chi connectivity index (χ4n) is 2.61. The number of carbonyl (C=O) groups is 1. The zero-order valence-corrected chi connectivity index (χ0v) is 14.0. The molecule has 24 heavy (non-hydrogen) atoms. The van der Waals surface area contributed by atoms with Crippen molar-refractivity contribution in [1.82, 2.24) is 9.38 Å². The smallest absolute Gasteiger partial charge is 0.308 e. The molecule has 0 aliphatic carbocycles. The lowest BCUT2D eigenvalue weighted by Crippen LogP contribution is -2.00. The van der Waals surface area contributed by atoms with Gasteiger partial charge in [-0.3, -0.25) is 9.20 Å². The minimum atomic E-state index is -0.327. The number of methoxy groups -OCH3 is 1. The molecule has 0 bridgehead atoms. The Bertz CT molecular complexity index is 1050. The average Bonchev–Trinajstić information content (AvgIpc) is 3.12. The SMILES string of the molecule is COc1ccc2c(c1)sc1nc(-c3ccc(OC(C)=O)cc3)cn12. The second-order valence-corrected chi connectivity index (χ2v) is 6.34. The van der Waals surface area contributed by atoms with Gasteiger partial charge in [-0.1, -0.05) is 11.3 Å². The zero-order valence-electron chi connectivity index (χ0n) is 13.1. The Kier molecular flexibility index (Phi) is 3.46. The van der Waals surface area contributed by atoms with E-state index in [1.54, 1.807) is 30.6 Å². The van der Waals surface area contributed by atoms with Gasteiger partial charge in [0.15, 0.2) is 4.96 Å². The number of hydrogen-bond donors (Lipinski definition) is 0. The van der Waals surface area contributed by atoms with Gasteiger partial charge >= 0.3 is 5.97 Å². The van der Waals surface area contributed by atoms with Gasteiger partial charge < -0.3 is 9.47 Å². The average molecular weight is 338 g/mol. The summed E-state index contributed by atoms with van der Waals surface area (Å²) in [5.41, 5.74) is 2.96. The molecule has 0 fully saturated rings. The number of imidazole rings is 1. The molecule has 0 amide bonds. The molecule has 5 nitrogen and oxygen atoms in total. The van der Waals surface area contributed by atoms with Crippen molar-refractivity contribution in [3.05, 3.63) is 48.7 Å². The normalized spacial score (nSPS) is 11.1. The molecule has 0 unspecified atom stereocenters. The third-order valence-corrected chi connectivity index (χ3v) is 4.73. The second kappa shape index (κ2) is 5.65. The van der Waals surface area contributed by atoms with Crippen LogP contribution in [0.3, 0.4) is 0 Å². The number of fused-ring (bicyclic) bond motifs is 3. The molecule has 0 spiro atoms. The maximum absolute atomic E-state index is 11.0. The molecule has 0 radical (unpaired) electrons. The fraction of sp³-hybridized carbons (Fsp3) is 0.111. The van der Waals surface area contributed by atoms with Crippen LogP contribution >= 0.6 is 11.3 Å². The monoisotopic (exact) mass is 338 g/mol. The lowest BCUT2D eigenvalue weighted by molar-refractivity contribution is -0.131. The molecule has 2 aromatic carbocycles. The third kappa shape index (κ3) is 2.51. The van der Waals surface area contributed by atoms with Crippen LogP contribution in [-0.2, 0) is 4.79 Å². The van der Waals surface area contributed by atoms with Crippen LogP contribution in [0.2, 0.25) is 0 Å². The lowest BCUT2D eigenvalue weighted by Gasteiger charge is -2.01. The Morgan fingerprint density at radius 1 is 1.12 bits per heavy atom. The topological polar surface area (TPSA) is 52.8 Å². The highest BCUT2D eigenvalue weighted by atomic mass is 32.1. The Balaban J connectivity index is 1.73. The quantitative estimate of drug-likeness (QED) is 0.416. The number of hydrogen-bond acceptors (Lipinski definition) is 5. The van der Waals surface area contributed by atoms with Crippen molar-refractivity contribution < 1.29 is 14.3 Å². The lowest BCUT2D eigenvalue weighted by atomic mass is 10.2. The summed E-state index contributed by atoms with van der Waals surface area (Å²) >= 11 is 1.62. The van der Waals surface area contributed by atoms with Gasteiger partial charge in [-0.2, -0.15) is 0 Å². The van der Waals surface area contributed by atoms with Crippen LogP contribution in [0.1, 0.15) is 6.92 Å². The fourth-order valence-corrected chi connectivity index (χ4v) is 3.64. The minimum Gasteiger partial charge on any atom is -0.497 e. The highest BCUT2D eigenvalue weighted by Gasteiger charge is 2.11. The molecule has 0 atom stereocenters. The van der Waals surface area contributed by atoms with Crippen LogP contribution in [0.15, 0.2) is 48.7 Å². The molecular weight excluding hydrogens is 324 g/mol. The molecule has 0 saturated heterocycles. The maximum atomic E-state index is 11.0. The largest absolute Gasteiger partial charge is 0.497 e. The summed E-state index contributed by atoms with van der Waals surface area (Å²) in [6.07, 6.45) is 2.02. The van der Waals surface area contributed by atoms with E-state index in [0.717, 1.165) is 32.2 Å². The summed E-state index contributed by atoms with van der Waals surface area (Å²) in [7, 11) is 1.66. The van der Waals surface area contributed by atoms with Gasteiger partial charge in [-0.25, -0.2) is 4.98 Å². The molecule has 4 aromatic rings. The maximum Gasteiger partial charge on any atom is 0.308 e. The number of ether oxygens (including phenoxy) is 2.